The van der Waals surface area contributed by atoms with E-state index in [0.29, 0.717) is 12.3 Å². The van der Waals surface area contributed by atoms with Gasteiger partial charge in [0.05, 0.1) is 26.0 Å². The average molecular weight is 478 g/mol. The number of ether oxygens (including phenoxy) is 1. The molecule has 0 aliphatic carbocycles. The van der Waals surface area contributed by atoms with Crippen molar-refractivity contribution in [2.75, 3.05) is 37.4 Å². The fourth-order valence-electron chi connectivity index (χ4n) is 4.77. The molecule has 1 amide bonds. The molecule has 0 bridgehead atoms. The number of rotatable bonds is 8. The van der Waals surface area contributed by atoms with Crippen LogP contribution in [0.5, 0.6) is 5.75 Å². The SMILES string of the molecule is COc1ccc2c(c1)CCCN2C(=O)CSc1nnc(CN2CCCC2)n1Cc1ccccc1. The molecule has 2 aliphatic heterocycles. The summed E-state index contributed by atoms with van der Waals surface area (Å²) in [4.78, 5) is 17.6. The fraction of sp³-hybridized carbons (Fsp3) is 0.423. The molecular formula is C26H31N5O2S. The maximum Gasteiger partial charge on any atom is 0.237 e. The van der Waals surface area contributed by atoms with Gasteiger partial charge in [0.25, 0.3) is 0 Å². The van der Waals surface area contributed by atoms with Crippen LogP contribution in [0.15, 0.2) is 53.7 Å². The van der Waals surface area contributed by atoms with E-state index in [1.165, 1.54) is 35.7 Å². The number of carbonyl (C=O) groups is 1. The van der Waals surface area contributed by atoms with Crippen molar-refractivity contribution in [1.29, 1.82) is 0 Å². The van der Waals surface area contributed by atoms with Gasteiger partial charge in [-0.15, -0.1) is 10.2 Å². The van der Waals surface area contributed by atoms with Crippen molar-refractivity contribution >= 4 is 23.4 Å². The third-order valence-corrected chi connectivity index (χ3v) is 7.52. The molecule has 178 valence electrons. The van der Waals surface area contributed by atoms with Crippen molar-refractivity contribution in [2.24, 2.45) is 0 Å². The normalized spacial score (nSPS) is 16.0. The van der Waals surface area contributed by atoms with Gasteiger partial charge in [0, 0.05) is 12.2 Å². The number of likely N-dealkylation sites (tertiary alicyclic amines) is 1. The van der Waals surface area contributed by atoms with Crippen LogP contribution in [0.25, 0.3) is 0 Å². The summed E-state index contributed by atoms with van der Waals surface area (Å²) in [6, 6.07) is 16.4. The molecule has 3 heterocycles. The van der Waals surface area contributed by atoms with Crippen LogP contribution in [0.1, 0.15) is 36.2 Å². The molecule has 0 radical (unpaired) electrons. The number of methoxy groups -OCH3 is 1. The predicted octanol–water partition coefficient (Wildman–Crippen LogP) is 4.00. The number of thioether (sulfide) groups is 1. The Labute approximate surface area is 205 Å². The molecule has 1 fully saturated rings. The average Bonchev–Trinajstić information content (AvgIpc) is 3.53. The quantitative estimate of drug-likeness (QED) is 0.457. The lowest BCUT2D eigenvalue weighted by Crippen LogP contribution is -2.36. The van der Waals surface area contributed by atoms with Gasteiger partial charge in [-0.2, -0.15) is 0 Å². The summed E-state index contributed by atoms with van der Waals surface area (Å²) in [5, 5.41) is 9.84. The van der Waals surface area contributed by atoms with Gasteiger partial charge in [-0.05, 0) is 68.1 Å². The Hall–Kier alpha value is -2.84. The summed E-state index contributed by atoms with van der Waals surface area (Å²) < 4.78 is 7.55. The van der Waals surface area contributed by atoms with E-state index >= 15 is 0 Å². The summed E-state index contributed by atoms with van der Waals surface area (Å²) in [5.74, 6) is 2.24. The van der Waals surface area contributed by atoms with E-state index in [0.717, 1.165) is 61.4 Å². The zero-order valence-corrected chi connectivity index (χ0v) is 20.5. The van der Waals surface area contributed by atoms with Gasteiger partial charge >= 0.3 is 0 Å². The minimum atomic E-state index is 0.103. The second kappa shape index (κ2) is 10.6. The molecule has 0 unspecified atom stereocenters. The van der Waals surface area contributed by atoms with Crippen LogP contribution in [0.2, 0.25) is 0 Å². The Morgan fingerprint density at radius 1 is 1.00 bits per heavy atom. The van der Waals surface area contributed by atoms with E-state index in [4.69, 9.17) is 4.74 Å². The number of nitrogens with zero attached hydrogens (tertiary/aromatic N) is 5. The van der Waals surface area contributed by atoms with Crippen molar-refractivity contribution < 1.29 is 9.53 Å². The monoisotopic (exact) mass is 477 g/mol. The minimum absolute atomic E-state index is 0.103. The summed E-state index contributed by atoms with van der Waals surface area (Å²) in [7, 11) is 1.67. The number of amides is 1. The molecule has 3 aromatic rings. The Bertz CT molecular complexity index is 1130. The third-order valence-electron chi connectivity index (χ3n) is 6.57. The van der Waals surface area contributed by atoms with E-state index in [1.807, 2.05) is 29.2 Å². The van der Waals surface area contributed by atoms with Gasteiger partial charge in [-0.25, -0.2) is 0 Å². The van der Waals surface area contributed by atoms with E-state index in [-0.39, 0.29) is 5.91 Å². The topological polar surface area (TPSA) is 63.5 Å². The van der Waals surface area contributed by atoms with E-state index in [2.05, 4.69) is 43.9 Å². The number of aromatic nitrogens is 3. The Morgan fingerprint density at radius 3 is 2.62 bits per heavy atom. The summed E-state index contributed by atoms with van der Waals surface area (Å²) in [6.45, 7) is 4.47. The van der Waals surface area contributed by atoms with Gasteiger partial charge in [0.15, 0.2) is 5.16 Å². The summed E-state index contributed by atoms with van der Waals surface area (Å²) >= 11 is 1.48. The molecule has 2 aliphatic rings. The highest BCUT2D eigenvalue weighted by molar-refractivity contribution is 7.99. The number of carbonyl (C=O) groups excluding carboxylic acids is 1. The first-order chi connectivity index (χ1) is 16.7. The first-order valence-electron chi connectivity index (χ1n) is 12.0. The van der Waals surface area contributed by atoms with Crippen LogP contribution < -0.4 is 9.64 Å². The highest BCUT2D eigenvalue weighted by Crippen LogP contribution is 2.31. The number of aryl methyl sites for hydroxylation is 1. The number of hydrogen-bond acceptors (Lipinski definition) is 6. The molecule has 0 saturated carbocycles. The second-order valence-electron chi connectivity index (χ2n) is 8.89. The third kappa shape index (κ3) is 5.13. The molecule has 0 N–H and O–H groups in total. The second-order valence-corrected chi connectivity index (χ2v) is 9.83. The zero-order chi connectivity index (χ0) is 23.3. The van der Waals surface area contributed by atoms with Crippen molar-refractivity contribution in [2.45, 2.75) is 43.9 Å². The maximum atomic E-state index is 13.3. The Kier molecular flexibility index (Phi) is 7.16. The van der Waals surface area contributed by atoms with E-state index < -0.39 is 0 Å². The number of fused-ring (bicyclic) bond motifs is 1. The minimum Gasteiger partial charge on any atom is -0.497 e. The van der Waals surface area contributed by atoms with Crippen molar-refractivity contribution in [3.05, 3.63) is 65.5 Å². The Morgan fingerprint density at radius 2 is 1.82 bits per heavy atom. The van der Waals surface area contributed by atoms with Crippen LogP contribution in [-0.4, -0.2) is 58.1 Å². The lowest BCUT2D eigenvalue weighted by Gasteiger charge is -2.29. The van der Waals surface area contributed by atoms with E-state index in [9.17, 15) is 4.79 Å². The molecule has 7 nitrogen and oxygen atoms in total. The number of anilines is 1. The van der Waals surface area contributed by atoms with Gasteiger partial charge in [0.1, 0.15) is 11.6 Å². The molecule has 0 atom stereocenters. The molecular weight excluding hydrogens is 446 g/mol. The molecule has 34 heavy (non-hydrogen) atoms. The van der Waals surface area contributed by atoms with Gasteiger partial charge < -0.3 is 14.2 Å². The van der Waals surface area contributed by atoms with Crippen LogP contribution in [0, 0.1) is 0 Å². The van der Waals surface area contributed by atoms with Crippen LogP contribution in [0.3, 0.4) is 0 Å². The van der Waals surface area contributed by atoms with Crippen LogP contribution in [0.4, 0.5) is 5.69 Å². The Balaban J connectivity index is 1.32. The highest BCUT2D eigenvalue weighted by atomic mass is 32.2. The van der Waals surface area contributed by atoms with Gasteiger partial charge in [-0.1, -0.05) is 42.1 Å². The van der Waals surface area contributed by atoms with Gasteiger partial charge in [0.2, 0.25) is 5.91 Å². The molecule has 0 spiro atoms. The fourth-order valence-corrected chi connectivity index (χ4v) is 5.60. The van der Waals surface area contributed by atoms with Crippen LogP contribution in [-0.2, 0) is 24.3 Å². The first kappa shape index (κ1) is 22.9. The van der Waals surface area contributed by atoms with Crippen molar-refractivity contribution in [3.8, 4) is 5.75 Å². The largest absolute Gasteiger partial charge is 0.497 e. The van der Waals surface area contributed by atoms with Gasteiger partial charge in [-0.3, -0.25) is 9.69 Å². The molecule has 2 aromatic carbocycles. The number of benzene rings is 2. The van der Waals surface area contributed by atoms with Crippen molar-refractivity contribution in [3.63, 3.8) is 0 Å². The number of hydrogen-bond donors (Lipinski definition) is 0. The molecule has 8 heteroatoms. The lowest BCUT2D eigenvalue weighted by atomic mass is 10.0. The summed E-state index contributed by atoms with van der Waals surface area (Å²) in [5.41, 5.74) is 3.37. The lowest BCUT2D eigenvalue weighted by molar-refractivity contribution is -0.116. The standard InChI is InChI=1S/C26H31N5O2S/c1-33-22-11-12-23-21(16-22)10-7-15-30(23)25(32)19-34-26-28-27-24(18-29-13-5-6-14-29)31(26)17-20-8-3-2-4-9-20/h2-4,8-9,11-12,16H,5-7,10,13-15,17-19H2,1H3. The smallest absolute Gasteiger partial charge is 0.237 e. The predicted molar refractivity (Wildman–Crippen MR) is 134 cm³/mol. The molecule has 1 saturated heterocycles. The first-order valence-corrected chi connectivity index (χ1v) is 13.0. The molecule has 1 aromatic heterocycles. The summed E-state index contributed by atoms with van der Waals surface area (Å²) in [6.07, 6.45) is 4.41. The van der Waals surface area contributed by atoms with Crippen LogP contribution >= 0.6 is 11.8 Å². The maximum absolute atomic E-state index is 13.3. The zero-order valence-electron chi connectivity index (χ0n) is 19.7. The molecule has 5 rings (SSSR count). The van der Waals surface area contributed by atoms with Crippen molar-refractivity contribution in [1.82, 2.24) is 19.7 Å². The highest BCUT2D eigenvalue weighted by Gasteiger charge is 2.24. The van der Waals surface area contributed by atoms with E-state index in [1.54, 1.807) is 7.11 Å².